The number of aromatic nitrogens is 2. The van der Waals surface area contributed by atoms with Crippen LogP contribution in [-0.4, -0.2) is 45.6 Å². The quantitative estimate of drug-likeness (QED) is 0.696. The van der Waals surface area contributed by atoms with E-state index in [2.05, 4.69) is 16.9 Å². The van der Waals surface area contributed by atoms with Crippen molar-refractivity contribution >= 4 is 11.7 Å². The number of aliphatic hydroxyl groups excluding tert-OH is 1. The third kappa shape index (κ3) is 3.96. The molecule has 3 N–H and O–H groups in total. The van der Waals surface area contributed by atoms with Crippen molar-refractivity contribution in [1.82, 2.24) is 14.9 Å². The van der Waals surface area contributed by atoms with Crippen molar-refractivity contribution in [2.75, 3.05) is 25.4 Å². The van der Waals surface area contributed by atoms with Crippen molar-refractivity contribution in [3.05, 3.63) is 18.1 Å². The van der Waals surface area contributed by atoms with E-state index in [4.69, 9.17) is 10.8 Å². The van der Waals surface area contributed by atoms with Gasteiger partial charge in [0, 0.05) is 25.5 Å². The fourth-order valence-electron chi connectivity index (χ4n) is 1.65. The molecule has 1 aromatic heterocycles. The Labute approximate surface area is 107 Å². The van der Waals surface area contributed by atoms with Crippen molar-refractivity contribution in [2.24, 2.45) is 0 Å². The number of nitrogen functional groups attached to an aromatic ring is 1. The van der Waals surface area contributed by atoms with Gasteiger partial charge in [0.25, 0.3) is 5.91 Å². The Morgan fingerprint density at radius 1 is 1.33 bits per heavy atom. The van der Waals surface area contributed by atoms with E-state index in [1.165, 1.54) is 12.4 Å². The number of anilines is 1. The molecule has 0 fully saturated rings. The van der Waals surface area contributed by atoms with E-state index in [1.54, 1.807) is 4.90 Å². The third-order valence-electron chi connectivity index (χ3n) is 2.62. The smallest absolute Gasteiger partial charge is 0.276 e. The lowest BCUT2D eigenvalue weighted by atomic mass is 10.2. The molecule has 0 bridgehead atoms. The van der Waals surface area contributed by atoms with Crippen LogP contribution in [0.5, 0.6) is 0 Å². The second-order valence-electron chi connectivity index (χ2n) is 4.01. The minimum atomic E-state index is -0.272. The summed E-state index contributed by atoms with van der Waals surface area (Å²) in [7, 11) is 0. The topological polar surface area (TPSA) is 92.3 Å². The van der Waals surface area contributed by atoms with Crippen LogP contribution in [0.2, 0.25) is 0 Å². The first kappa shape index (κ1) is 14.4. The van der Waals surface area contributed by atoms with Crippen LogP contribution in [0, 0.1) is 0 Å². The highest BCUT2D eigenvalue weighted by atomic mass is 16.3. The Hall–Kier alpha value is -1.69. The van der Waals surface area contributed by atoms with Crippen LogP contribution < -0.4 is 5.73 Å². The summed E-state index contributed by atoms with van der Waals surface area (Å²) in [5.74, 6) is -0.147. The van der Waals surface area contributed by atoms with Gasteiger partial charge in [-0.2, -0.15) is 0 Å². The van der Waals surface area contributed by atoms with Crippen molar-refractivity contribution in [3.63, 3.8) is 0 Å². The first-order valence-electron chi connectivity index (χ1n) is 6.17. The average molecular weight is 252 g/mol. The molecule has 0 aliphatic heterocycles. The number of hydrogen-bond acceptors (Lipinski definition) is 5. The van der Waals surface area contributed by atoms with Crippen LogP contribution in [-0.2, 0) is 0 Å². The molecule has 0 radical (unpaired) electrons. The van der Waals surface area contributed by atoms with E-state index in [9.17, 15) is 4.79 Å². The molecule has 100 valence electrons. The number of nitrogens with two attached hydrogens (primary N) is 1. The number of rotatable bonds is 7. The molecular formula is C12H20N4O2. The van der Waals surface area contributed by atoms with E-state index in [1.807, 2.05) is 0 Å². The van der Waals surface area contributed by atoms with Crippen LogP contribution in [0.4, 0.5) is 5.82 Å². The summed E-state index contributed by atoms with van der Waals surface area (Å²) in [5, 5.41) is 9.00. The number of carbonyl (C=O) groups is 1. The van der Waals surface area contributed by atoms with Gasteiger partial charge in [0.1, 0.15) is 0 Å². The maximum absolute atomic E-state index is 12.2. The fraction of sp³-hybridized carbons (Fsp3) is 0.583. The highest BCUT2D eigenvalue weighted by Crippen LogP contribution is 2.09. The first-order chi connectivity index (χ1) is 8.70. The van der Waals surface area contributed by atoms with E-state index in [-0.39, 0.29) is 24.0 Å². The van der Waals surface area contributed by atoms with Crippen LogP contribution >= 0.6 is 0 Å². The summed E-state index contributed by atoms with van der Waals surface area (Å²) < 4.78 is 0. The normalized spacial score (nSPS) is 10.3. The lowest BCUT2D eigenvalue weighted by molar-refractivity contribution is 0.0713. The molecule has 1 heterocycles. The molecule has 0 saturated heterocycles. The maximum atomic E-state index is 12.2. The Morgan fingerprint density at radius 3 is 2.67 bits per heavy atom. The molecule has 0 aliphatic carbocycles. The minimum Gasteiger partial charge on any atom is -0.395 e. The van der Waals surface area contributed by atoms with Crippen LogP contribution in [0.25, 0.3) is 0 Å². The molecule has 1 aromatic rings. The molecule has 0 saturated carbocycles. The number of aliphatic hydroxyl groups is 1. The molecule has 1 amide bonds. The van der Waals surface area contributed by atoms with Gasteiger partial charge < -0.3 is 15.7 Å². The lowest BCUT2D eigenvalue weighted by Gasteiger charge is -2.21. The Bertz CT molecular complexity index is 384. The predicted molar refractivity (Wildman–Crippen MR) is 69.0 cm³/mol. The van der Waals surface area contributed by atoms with Gasteiger partial charge in [-0.3, -0.25) is 4.79 Å². The van der Waals surface area contributed by atoms with Crippen molar-refractivity contribution in [2.45, 2.75) is 26.2 Å². The van der Waals surface area contributed by atoms with Crippen LogP contribution in [0.1, 0.15) is 36.7 Å². The molecule has 6 heteroatoms. The molecule has 6 nitrogen and oxygen atoms in total. The first-order valence-corrected chi connectivity index (χ1v) is 6.17. The average Bonchev–Trinajstić information content (AvgIpc) is 2.38. The van der Waals surface area contributed by atoms with Crippen molar-refractivity contribution in [3.8, 4) is 0 Å². The second-order valence-corrected chi connectivity index (χ2v) is 4.01. The van der Waals surface area contributed by atoms with Gasteiger partial charge in [-0.05, 0) is 6.42 Å². The zero-order chi connectivity index (χ0) is 13.4. The van der Waals surface area contributed by atoms with E-state index >= 15 is 0 Å². The summed E-state index contributed by atoms with van der Waals surface area (Å²) >= 11 is 0. The van der Waals surface area contributed by atoms with Gasteiger partial charge in [-0.25, -0.2) is 9.97 Å². The van der Waals surface area contributed by atoms with Gasteiger partial charge in [0.05, 0.1) is 6.61 Å². The highest BCUT2D eigenvalue weighted by molar-refractivity contribution is 5.96. The largest absolute Gasteiger partial charge is 0.395 e. The predicted octanol–water partition coefficient (Wildman–Crippen LogP) is 0.684. The van der Waals surface area contributed by atoms with Gasteiger partial charge >= 0.3 is 0 Å². The second kappa shape index (κ2) is 7.60. The Kier molecular flexibility index (Phi) is 6.07. The molecule has 0 aromatic carbocycles. The molecule has 0 spiro atoms. The van der Waals surface area contributed by atoms with Gasteiger partial charge in [0.15, 0.2) is 11.5 Å². The lowest BCUT2D eigenvalue weighted by Crippen LogP contribution is -2.35. The Balaban J connectivity index is 2.73. The minimum absolute atomic E-state index is 0.0714. The van der Waals surface area contributed by atoms with E-state index < -0.39 is 0 Å². The summed E-state index contributed by atoms with van der Waals surface area (Å²) in [6.45, 7) is 2.92. The maximum Gasteiger partial charge on any atom is 0.276 e. The number of carbonyl (C=O) groups excluding carboxylic acids is 1. The number of amides is 1. The van der Waals surface area contributed by atoms with Crippen LogP contribution in [0.3, 0.4) is 0 Å². The van der Waals surface area contributed by atoms with Gasteiger partial charge in [-0.15, -0.1) is 0 Å². The zero-order valence-electron chi connectivity index (χ0n) is 10.7. The molecule has 0 atom stereocenters. The summed E-state index contributed by atoms with van der Waals surface area (Å²) in [6.07, 6.45) is 5.91. The zero-order valence-corrected chi connectivity index (χ0v) is 10.7. The SMILES string of the molecule is CCCCCN(CCO)C(=O)c1nccnc1N. The number of unbranched alkanes of at least 4 members (excludes halogenated alkanes) is 2. The van der Waals surface area contributed by atoms with E-state index in [0.717, 1.165) is 19.3 Å². The van der Waals surface area contributed by atoms with Crippen molar-refractivity contribution in [1.29, 1.82) is 0 Å². The fourth-order valence-corrected chi connectivity index (χ4v) is 1.65. The third-order valence-corrected chi connectivity index (χ3v) is 2.62. The van der Waals surface area contributed by atoms with Crippen molar-refractivity contribution < 1.29 is 9.90 Å². The summed E-state index contributed by atoms with van der Waals surface area (Å²) in [6, 6.07) is 0. The van der Waals surface area contributed by atoms with Gasteiger partial charge in [0.2, 0.25) is 0 Å². The van der Waals surface area contributed by atoms with Gasteiger partial charge in [-0.1, -0.05) is 19.8 Å². The monoisotopic (exact) mass is 252 g/mol. The molecule has 0 aliphatic rings. The van der Waals surface area contributed by atoms with E-state index in [0.29, 0.717) is 13.1 Å². The molecule has 18 heavy (non-hydrogen) atoms. The molecular weight excluding hydrogens is 232 g/mol. The highest BCUT2D eigenvalue weighted by Gasteiger charge is 2.19. The summed E-state index contributed by atoms with van der Waals surface area (Å²) in [5.41, 5.74) is 5.78. The summed E-state index contributed by atoms with van der Waals surface area (Å²) in [4.78, 5) is 21.5. The number of nitrogens with zero attached hydrogens (tertiary/aromatic N) is 3. The molecule has 1 rings (SSSR count). The van der Waals surface area contributed by atoms with Crippen LogP contribution in [0.15, 0.2) is 12.4 Å². The molecule has 0 unspecified atom stereocenters. The number of hydrogen-bond donors (Lipinski definition) is 2. The Morgan fingerprint density at radius 2 is 2.06 bits per heavy atom. The standard InChI is InChI=1S/C12H20N4O2/c1-2-3-4-7-16(8-9-17)12(18)10-11(13)15-6-5-14-10/h5-6,17H,2-4,7-9H2,1H3,(H2,13,15).